The molecule has 0 radical (unpaired) electrons. The van der Waals surface area contributed by atoms with Gasteiger partial charge in [0.05, 0.1) is 23.1 Å². The van der Waals surface area contributed by atoms with E-state index >= 15 is 0 Å². The lowest BCUT2D eigenvalue weighted by molar-refractivity contribution is -0.124. The van der Waals surface area contributed by atoms with Gasteiger partial charge >= 0.3 is 6.03 Å². The first kappa shape index (κ1) is 20.2. The van der Waals surface area contributed by atoms with Gasteiger partial charge in [-0.15, -0.1) is 0 Å². The Bertz CT molecular complexity index is 1190. The predicted molar refractivity (Wildman–Crippen MR) is 117 cm³/mol. The fourth-order valence-corrected chi connectivity index (χ4v) is 4.47. The van der Waals surface area contributed by atoms with E-state index in [2.05, 4.69) is 5.32 Å². The molecular weight excluding hydrogens is 400 g/mol. The zero-order chi connectivity index (χ0) is 21.3. The minimum Gasteiger partial charge on any atom is -0.329 e. The number of fused-ring (bicyclic) bond motifs is 1. The number of carbonyl (C=O) groups is 2. The second-order valence-electron chi connectivity index (χ2n) is 7.25. The first-order valence-electron chi connectivity index (χ1n) is 9.76. The van der Waals surface area contributed by atoms with Crippen molar-refractivity contribution in [1.82, 2.24) is 19.8 Å². The van der Waals surface area contributed by atoms with Gasteiger partial charge in [-0.05, 0) is 44.0 Å². The van der Waals surface area contributed by atoms with Gasteiger partial charge in [0, 0.05) is 12.3 Å². The number of hydrogen-bond donors (Lipinski definition) is 1. The van der Waals surface area contributed by atoms with Gasteiger partial charge in [0.1, 0.15) is 0 Å². The number of carbonyl (C=O) groups excluding carboxylic acids is 2. The molecule has 1 fully saturated rings. The van der Waals surface area contributed by atoms with Gasteiger partial charge in [0.25, 0.3) is 5.56 Å². The van der Waals surface area contributed by atoms with Crippen molar-refractivity contribution in [3.8, 4) is 5.69 Å². The lowest BCUT2D eigenvalue weighted by atomic mass is 10.1. The van der Waals surface area contributed by atoms with Crippen LogP contribution in [0.15, 0.2) is 52.4 Å². The number of amides is 3. The Hall–Kier alpha value is -3.13. The highest BCUT2D eigenvalue weighted by atomic mass is 32.2. The summed E-state index contributed by atoms with van der Waals surface area (Å²) in [5, 5.41) is 3.69. The number of hydrogen-bond acceptors (Lipinski definition) is 5. The number of aryl methyl sites for hydroxylation is 2. The minimum atomic E-state index is -0.346. The van der Waals surface area contributed by atoms with Crippen LogP contribution in [-0.2, 0) is 4.79 Å². The lowest BCUT2D eigenvalue weighted by Gasteiger charge is -2.16. The highest BCUT2D eigenvalue weighted by molar-refractivity contribution is 7.99. The van der Waals surface area contributed by atoms with Crippen molar-refractivity contribution in [3.63, 3.8) is 0 Å². The smallest absolute Gasteiger partial charge is 0.324 e. The average molecular weight is 423 g/mol. The minimum absolute atomic E-state index is 0.0600. The molecule has 1 N–H and O–H groups in total. The number of benzene rings is 2. The van der Waals surface area contributed by atoms with E-state index in [-0.39, 0.29) is 24.0 Å². The van der Waals surface area contributed by atoms with Crippen molar-refractivity contribution in [2.45, 2.75) is 25.4 Å². The average Bonchev–Trinajstić information content (AvgIpc) is 3.04. The summed E-state index contributed by atoms with van der Waals surface area (Å²) in [6.45, 7) is 4.41. The molecule has 1 aromatic heterocycles. The van der Waals surface area contributed by atoms with Crippen molar-refractivity contribution < 1.29 is 9.59 Å². The molecule has 30 heavy (non-hydrogen) atoms. The van der Waals surface area contributed by atoms with Gasteiger partial charge in [0.2, 0.25) is 5.91 Å². The van der Waals surface area contributed by atoms with Gasteiger partial charge in [-0.2, -0.15) is 0 Å². The standard InChI is InChI=1S/C22H22N4O3S/c1-14-8-9-18(15(2)12-14)26-20(28)16-6-3-4-7-17(16)24-22(26)30-11-5-10-25-19(27)13-23-21(25)29/h3-4,6-9,12H,5,10-11,13H2,1-2H3,(H,23,29). The van der Waals surface area contributed by atoms with Crippen LogP contribution in [0.2, 0.25) is 0 Å². The highest BCUT2D eigenvalue weighted by Crippen LogP contribution is 2.24. The van der Waals surface area contributed by atoms with E-state index in [9.17, 15) is 14.4 Å². The third-order valence-electron chi connectivity index (χ3n) is 5.03. The van der Waals surface area contributed by atoms with Crippen molar-refractivity contribution >= 4 is 34.6 Å². The van der Waals surface area contributed by atoms with Crippen LogP contribution in [0.1, 0.15) is 17.5 Å². The zero-order valence-electron chi connectivity index (χ0n) is 16.8. The SMILES string of the molecule is Cc1ccc(-n2c(SCCCN3C(=O)CNC3=O)nc3ccccc3c2=O)c(C)c1. The summed E-state index contributed by atoms with van der Waals surface area (Å²) in [4.78, 5) is 42.7. The third kappa shape index (κ3) is 3.82. The van der Waals surface area contributed by atoms with Gasteiger partial charge in [-0.1, -0.05) is 41.6 Å². The van der Waals surface area contributed by atoms with Crippen LogP contribution < -0.4 is 10.9 Å². The van der Waals surface area contributed by atoms with Crippen molar-refractivity contribution in [3.05, 3.63) is 63.9 Å². The molecule has 3 aromatic rings. The van der Waals surface area contributed by atoms with Crippen LogP contribution in [0, 0.1) is 13.8 Å². The number of imide groups is 1. The summed E-state index contributed by atoms with van der Waals surface area (Å²) in [7, 11) is 0. The normalized spacial score (nSPS) is 13.9. The Morgan fingerprint density at radius 2 is 1.90 bits per heavy atom. The predicted octanol–water partition coefficient (Wildman–Crippen LogP) is 3.04. The van der Waals surface area contributed by atoms with E-state index in [1.165, 1.54) is 16.7 Å². The molecule has 1 aliphatic rings. The topological polar surface area (TPSA) is 84.3 Å². The van der Waals surface area contributed by atoms with Crippen LogP contribution in [0.5, 0.6) is 0 Å². The summed E-state index contributed by atoms with van der Waals surface area (Å²) in [6.07, 6.45) is 0.611. The molecule has 7 nitrogen and oxygen atoms in total. The Morgan fingerprint density at radius 1 is 1.10 bits per heavy atom. The molecule has 2 heterocycles. The third-order valence-corrected chi connectivity index (χ3v) is 6.06. The molecule has 8 heteroatoms. The summed E-state index contributed by atoms with van der Waals surface area (Å²) in [5.74, 6) is 0.410. The number of nitrogens with one attached hydrogen (secondary N) is 1. The van der Waals surface area contributed by atoms with E-state index in [0.29, 0.717) is 34.8 Å². The van der Waals surface area contributed by atoms with E-state index in [1.54, 1.807) is 10.6 Å². The molecule has 1 saturated heterocycles. The Kier molecular flexibility index (Phi) is 5.59. The molecule has 0 atom stereocenters. The molecule has 154 valence electrons. The second-order valence-corrected chi connectivity index (χ2v) is 8.31. The highest BCUT2D eigenvalue weighted by Gasteiger charge is 2.27. The van der Waals surface area contributed by atoms with Crippen LogP contribution >= 0.6 is 11.8 Å². The van der Waals surface area contributed by atoms with Gasteiger partial charge in [-0.3, -0.25) is 19.1 Å². The Labute approximate surface area is 178 Å². The van der Waals surface area contributed by atoms with Crippen LogP contribution in [0.3, 0.4) is 0 Å². The Morgan fingerprint density at radius 3 is 2.63 bits per heavy atom. The monoisotopic (exact) mass is 422 g/mol. The largest absolute Gasteiger partial charge is 0.329 e. The molecule has 4 rings (SSSR count). The van der Waals surface area contributed by atoms with E-state index in [4.69, 9.17) is 4.98 Å². The van der Waals surface area contributed by atoms with E-state index < -0.39 is 0 Å². The molecule has 0 spiro atoms. The number of para-hydroxylation sites is 1. The molecule has 0 unspecified atom stereocenters. The first-order valence-corrected chi connectivity index (χ1v) is 10.7. The second kappa shape index (κ2) is 8.31. The number of aromatic nitrogens is 2. The molecular formula is C22H22N4O3S. The van der Waals surface area contributed by atoms with Crippen molar-refractivity contribution in [1.29, 1.82) is 0 Å². The lowest BCUT2D eigenvalue weighted by Crippen LogP contribution is -2.32. The summed E-state index contributed by atoms with van der Waals surface area (Å²) in [6, 6.07) is 12.9. The molecule has 3 amide bonds. The maximum Gasteiger partial charge on any atom is 0.324 e. The first-order chi connectivity index (χ1) is 14.5. The molecule has 0 bridgehead atoms. The number of urea groups is 1. The molecule has 0 saturated carbocycles. The summed E-state index contributed by atoms with van der Waals surface area (Å²) < 4.78 is 1.66. The van der Waals surface area contributed by atoms with Crippen LogP contribution in [0.25, 0.3) is 16.6 Å². The summed E-state index contributed by atoms with van der Waals surface area (Å²) in [5.41, 5.74) is 3.47. The molecule has 1 aliphatic heterocycles. The summed E-state index contributed by atoms with van der Waals surface area (Å²) >= 11 is 1.45. The quantitative estimate of drug-likeness (QED) is 0.286. The van der Waals surface area contributed by atoms with Crippen molar-refractivity contribution in [2.75, 3.05) is 18.8 Å². The fourth-order valence-electron chi connectivity index (χ4n) is 3.55. The van der Waals surface area contributed by atoms with E-state index in [0.717, 1.165) is 16.8 Å². The fraction of sp³-hybridized carbons (Fsp3) is 0.273. The van der Waals surface area contributed by atoms with Gasteiger partial charge < -0.3 is 5.32 Å². The van der Waals surface area contributed by atoms with Crippen LogP contribution in [0.4, 0.5) is 4.79 Å². The number of rotatable bonds is 6. The maximum absolute atomic E-state index is 13.3. The van der Waals surface area contributed by atoms with Gasteiger partial charge in [0.15, 0.2) is 5.16 Å². The van der Waals surface area contributed by atoms with Crippen LogP contribution in [-0.4, -0.2) is 45.2 Å². The van der Waals surface area contributed by atoms with Crippen molar-refractivity contribution in [2.24, 2.45) is 0 Å². The van der Waals surface area contributed by atoms with E-state index in [1.807, 2.05) is 50.2 Å². The molecule has 2 aromatic carbocycles. The Balaban J connectivity index is 1.65. The molecule has 0 aliphatic carbocycles. The number of nitrogens with zero attached hydrogens (tertiary/aromatic N) is 3. The van der Waals surface area contributed by atoms with Gasteiger partial charge in [-0.25, -0.2) is 9.78 Å². The zero-order valence-corrected chi connectivity index (χ0v) is 17.7. The maximum atomic E-state index is 13.3. The number of thioether (sulfide) groups is 1.